The SMILES string of the molecule is CCCCSc1ncc2c(Cl)snc2n1. The van der Waals surface area contributed by atoms with Crippen LogP contribution in [0.25, 0.3) is 11.0 Å². The fourth-order valence-corrected chi connectivity index (χ4v) is 2.75. The maximum Gasteiger partial charge on any atom is 0.189 e. The van der Waals surface area contributed by atoms with Crippen LogP contribution in [0.15, 0.2) is 11.4 Å². The van der Waals surface area contributed by atoms with Gasteiger partial charge in [-0.2, -0.15) is 4.37 Å². The van der Waals surface area contributed by atoms with Gasteiger partial charge in [0.05, 0.1) is 5.39 Å². The zero-order valence-electron chi connectivity index (χ0n) is 8.23. The van der Waals surface area contributed by atoms with Crippen molar-refractivity contribution in [3.8, 4) is 0 Å². The third-order valence-electron chi connectivity index (χ3n) is 1.90. The van der Waals surface area contributed by atoms with Gasteiger partial charge < -0.3 is 0 Å². The van der Waals surface area contributed by atoms with Gasteiger partial charge in [-0.1, -0.05) is 36.7 Å². The molecular weight excluding hydrogens is 250 g/mol. The smallest absolute Gasteiger partial charge is 0.189 e. The number of unbranched alkanes of at least 4 members (excludes halogenated alkanes) is 1. The number of aromatic nitrogens is 3. The van der Waals surface area contributed by atoms with Gasteiger partial charge in [-0.25, -0.2) is 9.97 Å². The Kier molecular flexibility index (Phi) is 3.77. The van der Waals surface area contributed by atoms with Crippen LogP contribution < -0.4 is 0 Å². The van der Waals surface area contributed by atoms with E-state index in [-0.39, 0.29) is 0 Å². The largest absolute Gasteiger partial charge is 0.230 e. The standard InChI is InChI=1S/C9H10ClN3S2/c1-2-3-4-14-9-11-5-6-7(10)15-13-8(6)12-9/h5H,2-4H2,1H3. The van der Waals surface area contributed by atoms with Gasteiger partial charge in [-0.3, -0.25) is 0 Å². The molecule has 80 valence electrons. The first-order chi connectivity index (χ1) is 7.31. The molecule has 0 aliphatic rings. The normalized spacial score (nSPS) is 11.1. The second-order valence-electron chi connectivity index (χ2n) is 3.05. The summed E-state index contributed by atoms with van der Waals surface area (Å²) in [6.07, 6.45) is 4.13. The van der Waals surface area contributed by atoms with Gasteiger partial charge in [-0.15, -0.1) is 0 Å². The predicted octanol–water partition coefficient (Wildman–Crippen LogP) is 3.63. The maximum absolute atomic E-state index is 5.92. The van der Waals surface area contributed by atoms with Crippen LogP contribution in [0.5, 0.6) is 0 Å². The highest BCUT2D eigenvalue weighted by molar-refractivity contribution is 7.99. The van der Waals surface area contributed by atoms with E-state index in [9.17, 15) is 0 Å². The van der Waals surface area contributed by atoms with Crippen molar-refractivity contribution in [2.24, 2.45) is 0 Å². The van der Waals surface area contributed by atoms with Crippen molar-refractivity contribution >= 4 is 45.9 Å². The minimum atomic E-state index is 0.662. The Hall–Kier alpha value is -0.390. The Balaban J connectivity index is 2.16. The summed E-state index contributed by atoms with van der Waals surface area (Å²) >= 11 is 8.85. The summed E-state index contributed by atoms with van der Waals surface area (Å²) in [7, 11) is 0. The molecule has 0 N–H and O–H groups in total. The third kappa shape index (κ3) is 2.59. The Bertz CT molecular complexity index is 458. The van der Waals surface area contributed by atoms with E-state index in [0.717, 1.165) is 16.3 Å². The fourth-order valence-electron chi connectivity index (χ4n) is 1.08. The third-order valence-corrected chi connectivity index (χ3v) is 3.90. The summed E-state index contributed by atoms with van der Waals surface area (Å²) in [6.45, 7) is 2.17. The van der Waals surface area contributed by atoms with Crippen LogP contribution in [0, 0.1) is 0 Å². The molecule has 2 rings (SSSR count). The summed E-state index contributed by atoms with van der Waals surface area (Å²) in [5, 5.41) is 1.64. The molecule has 2 heterocycles. The molecule has 2 aromatic heterocycles. The molecule has 15 heavy (non-hydrogen) atoms. The van der Waals surface area contributed by atoms with E-state index in [2.05, 4.69) is 21.3 Å². The van der Waals surface area contributed by atoms with E-state index in [1.807, 2.05) is 0 Å². The number of hydrogen-bond acceptors (Lipinski definition) is 5. The van der Waals surface area contributed by atoms with Crippen LogP contribution in [0.1, 0.15) is 19.8 Å². The number of halogens is 1. The minimum absolute atomic E-state index is 0.662. The van der Waals surface area contributed by atoms with Crippen molar-refractivity contribution in [2.75, 3.05) is 5.75 Å². The lowest BCUT2D eigenvalue weighted by Crippen LogP contribution is -1.88. The molecule has 0 aliphatic heterocycles. The number of fused-ring (bicyclic) bond motifs is 1. The first-order valence-electron chi connectivity index (χ1n) is 4.72. The molecule has 3 nitrogen and oxygen atoms in total. The van der Waals surface area contributed by atoms with Gasteiger partial charge in [-0.05, 0) is 18.0 Å². The summed E-state index contributed by atoms with van der Waals surface area (Å²) in [4.78, 5) is 8.58. The van der Waals surface area contributed by atoms with Crippen molar-refractivity contribution in [2.45, 2.75) is 24.9 Å². The molecular formula is C9H10ClN3S2. The lowest BCUT2D eigenvalue weighted by atomic mass is 10.4. The fraction of sp³-hybridized carbons (Fsp3) is 0.444. The second kappa shape index (κ2) is 5.09. The number of nitrogens with zero attached hydrogens (tertiary/aromatic N) is 3. The number of hydrogen-bond donors (Lipinski definition) is 0. The topological polar surface area (TPSA) is 38.7 Å². The van der Waals surface area contributed by atoms with Crippen LogP contribution in [-0.2, 0) is 0 Å². The summed E-state index contributed by atoms with van der Waals surface area (Å²) in [5.74, 6) is 1.06. The zero-order valence-corrected chi connectivity index (χ0v) is 10.6. The van der Waals surface area contributed by atoms with Crippen LogP contribution >= 0.6 is 34.9 Å². The van der Waals surface area contributed by atoms with Crippen molar-refractivity contribution < 1.29 is 0 Å². The number of rotatable bonds is 4. The summed E-state index contributed by atoms with van der Waals surface area (Å²) < 4.78 is 4.81. The van der Waals surface area contributed by atoms with E-state index >= 15 is 0 Å². The first-order valence-corrected chi connectivity index (χ1v) is 6.85. The molecule has 0 saturated carbocycles. The van der Waals surface area contributed by atoms with Gasteiger partial charge in [0.2, 0.25) is 0 Å². The summed E-state index contributed by atoms with van der Waals surface area (Å²) in [5.41, 5.74) is 0.707. The minimum Gasteiger partial charge on any atom is -0.230 e. The molecule has 0 atom stereocenters. The van der Waals surface area contributed by atoms with E-state index in [4.69, 9.17) is 11.6 Å². The average Bonchev–Trinajstić information content (AvgIpc) is 2.61. The monoisotopic (exact) mass is 259 g/mol. The van der Waals surface area contributed by atoms with Crippen molar-refractivity contribution in [1.29, 1.82) is 0 Å². The quantitative estimate of drug-likeness (QED) is 0.477. The van der Waals surface area contributed by atoms with E-state index in [0.29, 0.717) is 9.98 Å². The van der Waals surface area contributed by atoms with E-state index < -0.39 is 0 Å². The lowest BCUT2D eigenvalue weighted by Gasteiger charge is -1.97. The molecule has 0 fully saturated rings. The zero-order chi connectivity index (χ0) is 10.7. The second-order valence-corrected chi connectivity index (χ2v) is 5.49. The molecule has 0 unspecified atom stereocenters. The van der Waals surface area contributed by atoms with Gasteiger partial charge in [0.15, 0.2) is 10.8 Å². The maximum atomic E-state index is 5.92. The molecule has 0 aliphatic carbocycles. The Morgan fingerprint density at radius 1 is 1.53 bits per heavy atom. The van der Waals surface area contributed by atoms with Crippen LogP contribution in [0.3, 0.4) is 0 Å². The highest BCUT2D eigenvalue weighted by Crippen LogP contribution is 2.26. The molecule has 2 aromatic rings. The van der Waals surface area contributed by atoms with Gasteiger partial charge in [0, 0.05) is 11.9 Å². The van der Waals surface area contributed by atoms with E-state index in [1.165, 1.54) is 24.4 Å². The van der Waals surface area contributed by atoms with Gasteiger partial charge in [0.25, 0.3) is 0 Å². The molecule has 0 saturated heterocycles. The van der Waals surface area contributed by atoms with Crippen molar-refractivity contribution in [1.82, 2.24) is 14.3 Å². The van der Waals surface area contributed by atoms with Gasteiger partial charge in [0.1, 0.15) is 4.34 Å². The predicted molar refractivity (Wildman–Crippen MR) is 65.9 cm³/mol. The Morgan fingerprint density at radius 2 is 2.40 bits per heavy atom. The van der Waals surface area contributed by atoms with Crippen LogP contribution in [0.2, 0.25) is 4.34 Å². The van der Waals surface area contributed by atoms with Crippen molar-refractivity contribution in [3.05, 3.63) is 10.5 Å². The van der Waals surface area contributed by atoms with Crippen LogP contribution in [-0.4, -0.2) is 20.1 Å². The van der Waals surface area contributed by atoms with Crippen molar-refractivity contribution in [3.63, 3.8) is 0 Å². The Labute approximate surface area is 101 Å². The molecule has 0 bridgehead atoms. The highest BCUT2D eigenvalue weighted by Gasteiger charge is 2.06. The molecule has 0 radical (unpaired) electrons. The van der Waals surface area contributed by atoms with Gasteiger partial charge >= 0.3 is 0 Å². The lowest BCUT2D eigenvalue weighted by molar-refractivity contribution is 0.890. The van der Waals surface area contributed by atoms with E-state index in [1.54, 1.807) is 18.0 Å². The number of thioether (sulfide) groups is 1. The summed E-state index contributed by atoms with van der Waals surface area (Å²) in [6, 6.07) is 0. The Morgan fingerprint density at radius 3 is 3.20 bits per heavy atom. The first kappa shape index (κ1) is 11.1. The molecule has 0 aromatic carbocycles. The molecule has 0 spiro atoms. The van der Waals surface area contributed by atoms with Crippen LogP contribution in [0.4, 0.5) is 0 Å². The highest BCUT2D eigenvalue weighted by atomic mass is 35.5. The molecule has 0 amide bonds. The molecule has 6 heteroatoms. The average molecular weight is 260 g/mol.